The van der Waals surface area contributed by atoms with E-state index in [1.807, 2.05) is 30.3 Å². The van der Waals surface area contributed by atoms with Crippen LogP contribution >= 0.6 is 11.3 Å². The van der Waals surface area contributed by atoms with Gasteiger partial charge in [-0.2, -0.15) is 0 Å². The maximum atomic E-state index is 11.7. The van der Waals surface area contributed by atoms with Crippen molar-refractivity contribution in [3.05, 3.63) is 42.7 Å². The van der Waals surface area contributed by atoms with Crippen LogP contribution in [0.4, 0.5) is 17.5 Å². The third-order valence-corrected chi connectivity index (χ3v) is 6.38. The third kappa shape index (κ3) is 4.46. The number of nitrogens with zero attached hydrogens (tertiary/aromatic N) is 5. The zero-order valence-corrected chi connectivity index (χ0v) is 18.5. The number of hydrogen-bond donors (Lipinski definition) is 3. The maximum absolute atomic E-state index is 11.7. The summed E-state index contributed by atoms with van der Waals surface area (Å²) in [4.78, 5) is 32.8. The van der Waals surface area contributed by atoms with Crippen molar-refractivity contribution in [2.75, 3.05) is 48.8 Å². The van der Waals surface area contributed by atoms with Crippen LogP contribution < -0.4 is 21.7 Å². The number of nitrogens with two attached hydrogens (primary N) is 2. The van der Waals surface area contributed by atoms with Crippen molar-refractivity contribution in [3.8, 4) is 21.8 Å². The first-order valence-electron chi connectivity index (χ1n) is 10.4. The molecule has 1 aliphatic rings. The van der Waals surface area contributed by atoms with Crippen LogP contribution in [0.5, 0.6) is 0 Å². The lowest BCUT2D eigenvalue weighted by molar-refractivity contribution is -0.114. The molecule has 1 fully saturated rings. The number of benzene rings is 1. The van der Waals surface area contributed by atoms with Gasteiger partial charge in [-0.1, -0.05) is 12.1 Å². The van der Waals surface area contributed by atoms with E-state index in [1.165, 1.54) is 0 Å². The van der Waals surface area contributed by atoms with Gasteiger partial charge < -0.3 is 26.4 Å². The molecule has 33 heavy (non-hydrogen) atoms. The molecule has 11 heteroatoms. The molecular formula is C22H22N8O2S. The Morgan fingerprint density at radius 1 is 1.12 bits per heavy atom. The number of thiophene rings is 1. The van der Waals surface area contributed by atoms with E-state index in [2.05, 4.69) is 20.2 Å². The van der Waals surface area contributed by atoms with Crippen LogP contribution in [0.15, 0.2) is 42.7 Å². The quantitative estimate of drug-likeness (QED) is 0.406. The Morgan fingerprint density at radius 3 is 2.67 bits per heavy atom. The van der Waals surface area contributed by atoms with E-state index < -0.39 is 0 Å². The first-order chi connectivity index (χ1) is 16.1. The average molecular weight is 463 g/mol. The molecule has 168 valence electrons. The van der Waals surface area contributed by atoms with Crippen LogP contribution in [0, 0.1) is 0 Å². The predicted molar refractivity (Wildman–Crippen MR) is 129 cm³/mol. The zero-order chi connectivity index (χ0) is 22.8. The number of nitrogens with one attached hydrogen (secondary N) is 1. The second-order valence-electron chi connectivity index (χ2n) is 7.46. The molecule has 1 aliphatic heterocycles. The highest BCUT2D eigenvalue weighted by atomic mass is 32.1. The molecular weight excluding hydrogens is 440 g/mol. The molecule has 10 nitrogen and oxygen atoms in total. The van der Waals surface area contributed by atoms with Crippen LogP contribution in [0.3, 0.4) is 0 Å². The van der Waals surface area contributed by atoms with Crippen LogP contribution in [0.2, 0.25) is 0 Å². The lowest BCUT2D eigenvalue weighted by atomic mass is 10.1. The van der Waals surface area contributed by atoms with E-state index in [-0.39, 0.29) is 18.4 Å². The van der Waals surface area contributed by atoms with E-state index in [0.29, 0.717) is 30.3 Å². The van der Waals surface area contributed by atoms with E-state index in [4.69, 9.17) is 26.2 Å². The van der Waals surface area contributed by atoms with Crippen molar-refractivity contribution in [3.63, 3.8) is 0 Å². The molecule has 1 saturated heterocycles. The number of nitrogen functional groups attached to an aromatic ring is 1. The van der Waals surface area contributed by atoms with Gasteiger partial charge >= 0.3 is 0 Å². The molecule has 0 spiro atoms. The topological polar surface area (TPSA) is 145 Å². The van der Waals surface area contributed by atoms with Crippen LogP contribution in [-0.4, -0.2) is 58.7 Å². The van der Waals surface area contributed by atoms with Gasteiger partial charge in [0, 0.05) is 36.0 Å². The molecule has 0 radical (unpaired) electrons. The number of hydrogen-bond acceptors (Lipinski definition) is 10. The lowest BCUT2D eigenvalue weighted by Gasteiger charge is -2.28. The number of carbonyl (C=O) groups excluding carboxylic acids is 1. The van der Waals surface area contributed by atoms with Crippen LogP contribution in [-0.2, 0) is 9.53 Å². The molecule has 3 aromatic heterocycles. The number of fused-ring (bicyclic) bond motifs is 1. The molecule has 0 unspecified atom stereocenters. The summed E-state index contributed by atoms with van der Waals surface area (Å²) in [5, 5.41) is 2.80. The number of aromatic nitrogens is 4. The van der Waals surface area contributed by atoms with Gasteiger partial charge in [-0.05, 0) is 23.8 Å². The van der Waals surface area contributed by atoms with Gasteiger partial charge in [0.1, 0.15) is 0 Å². The summed E-state index contributed by atoms with van der Waals surface area (Å²) in [6.45, 7) is 2.72. The first-order valence-corrected chi connectivity index (χ1v) is 11.2. The fourth-order valence-electron chi connectivity index (χ4n) is 3.59. The summed E-state index contributed by atoms with van der Waals surface area (Å²) in [7, 11) is 0. The largest absolute Gasteiger partial charge is 0.378 e. The number of ether oxygens (including phenoxy) is 1. The SMILES string of the molecule is NCC(=O)Nc1cccc(-c2cc3nc(-c4cnc(N)nc4)nc(N4CCOCC4)c3s2)c1. The minimum absolute atomic E-state index is 0.0662. The second-order valence-corrected chi connectivity index (χ2v) is 8.51. The van der Waals surface area contributed by atoms with Crippen molar-refractivity contribution in [1.29, 1.82) is 0 Å². The summed E-state index contributed by atoms with van der Waals surface area (Å²) in [6, 6.07) is 9.70. The van der Waals surface area contributed by atoms with Crippen molar-refractivity contribution in [1.82, 2.24) is 19.9 Å². The van der Waals surface area contributed by atoms with Gasteiger partial charge in [0.05, 0.1) is 35.5 Å². The Hall–Kier alpha value is -3.67. The molecule has 5 N–H and O–H groups in total. The number of morpholine rings is 1. The Balaban J connectivity index is 1.60. The summed E-state index contributed by atoms with van der Waals surface area (Å²) in [5.41, 5.74) is 14.3. The minimum atomic E-state index is -0.237. The Labute approximate surface area is 193 Å². The lowest BCUT2D eigenvalue weighted by Crippen LogP contribution is -2.36. The fourth-order valence-corrected chi connectivity index (χ4v) is 4.70. The minimum Gasteiger partial charge on any atom is -0.378 e. The Morgan fingerprint density at radius 2 is 1.91 bits per heavy atom. The third-order valence-electron chi connectivity index (χ3n) is 5.21. The summed E-state index contributed by atoms with van der Waals surface area (Å²) in [5.74, 6) is 1.36. The summed E-state index contributed by atoms with van der Waals surface area (Å²) < 4.78 is 6.52. The molecule has 5 rings (SSSR count). The summed E-state index contributed by atoms with van der Waals surface area (Å²) >= 11 is 1.61. The van der Waals surface area contributed by atoms with E-state index in [0.717, 1.165) is 39.6 Å². The molecule has 4 aromatic rings. The molecule has 1 aromatic carbocycles. The monoisotopic (exact) mass is 462 g/mol. The van der Waals surface area contributed by atoms with E-state index in [9.17, 15) is 4.79 Å². The fraction of sp³-hybridized carbons (Fsp3) is 0.227. The Bertz CT molecular complexity index is 1300. The number of carbonyl (C=O) groups is 1. The number of amides is 1. The van der Waals surface area contributed by atoms with E-state index in [1.54, 1.807) is 23.7 Å². The second kappa shape index (κ2) is 9.06. The van der Waals surface area contributed by atoms with Crippen LogP contribution in [0.25, 0.3) is 32.0 Å². The van der Waals surface area contributed by atoms with Gasteiger partial charge in [-0.25, -0.2) is 19.9 Å². The Kier molecular flexibility index (Phi) is 5.82. The molecule has 0 saturated carbocycles. The van der Waals surface area contributed by atoms with Gasteiger partial charge in [0.2, 0.25) is 11.9 Å². The predicted octanol–water partition coefficient (Wildman–Crippen LogP) is 2.13. The summed E-state index contributed by atoms with van der Waals surface area (Å²) in [6.07, 6.45) is 3.26. The molecule has 0 atom stereocenters. The molecule has 0 aliphatic carbocycles. The van der Waals surface area contributed by atoms with Crippen LogP contribution in [0.1, 0.15) is 0 Å². The smallest absolute Gasteiger partial charge is 0.238 e. The van der Waals surface area contributed by atoms with Crippen molar-refractivity contribution >= 4 is 44.9 Å². The normalized spacial score (nSPS) is 13.9. The van der Waals surface area contributed by atoms with Crippen molar-refractivity contribution in [2.45, 2.75) is 0 Å². The molecule has 4 heterocycles. The zero-order valence-electron chi connectivity index (χ0n) is 17.7. The molecule has 0 bridgehead atoms. The van der Waals surface area contributed by atoms with Crippen molar-refractivity contribution < 1.29 is 9.53 Å². The van der Waals surface area contributed by atoms with Gasteiger partial charge in [0.25, 0.3) is 0 Å². The first kappa shape index (κ1) is 21.2. The van der Waals surface area contributed by atoms with E-state index >= 15 is 0 Å². The maximum Gasteiger partial charge on any atom is 0.238 e. The standard InChI is InChI=1S/C22H22N8O2S/c23-10-18(31)27-15-3-1-2-13(8-15)17-9-16-19(33-17)21(30-4-6-32-7-5-30)29-20(28-16)14-11-25-22(24)26-12-14/h1-3,8-9,11-12H,4-7,10,23H2,(H,27,31)(H2,24,25,26). The highest BCUT2D eigenvalue weighted by molar-refractivity contribution is 7.22. The molecule has 1 amide bonds. The van der Waals surface area contributed by atoms with Gasteiger partial charge in [-0.3, -0.25) is 4.79 Å². The van der Waals surface area contributed by atoms with Gasteiger partial charge in [0.15, 0.2) is 11.6 Å². The average Bonchev–Trinajstić information content (AvgIpc) is 3.29. The highest BCUT2D eigenvalue weighted by Gasteiger charge is 2.21. The van der Waals surface area contributed by atoms with Crippen molar-refractivity contribution in [2.24, 2.45) is 5.73 Å². The van der Waals surface area contributed by atoms with Gasteiger partial charge in [-0.15, -0.1) is 11.3 Å². The highest BCUT2D eigenvalue weighted by Crippen LogP contribution is 2.39. The number of anilines is 3. The number of rotatable bonds is 5.